The first-order chi connectivity index (χ1) is 13.3. The van der Waals surface area contributed by atoms with Crippen LogP contribution in [0.5, 0.6) is 0 Å². The van der Waals surface area contributed by atoms with Gasteiger partial charge in [0.25, 0.3) is 5.91 Å². The van der Waals surface area contributed by atoms with Gasteiger partial charge in [0.05, 0.1) is 11.3 Å². The molecule has 0 aromatic heterocycles. The van der Waals surface area contributed by atoms with Gasteiger partial charge in [-0.05, 0) is 18.1 Å². The van der Waals surface area contributed by atoms with Gasteiger partial charge >= 0.3 is 6.18 Å². The van der Waals surface area contributed by atoms with Crippen molar-refractivity contribution in [1.82, 2.24) is 26.2 Å². The van der Waals surface area contributed by atoms with Crippen LogP contribution in [0.3, 0.4) is 0 Å². The number of likely N-dealkylation sites (tertiary alicyclic amines) is 1. The molecule has 0 bridgehead atoms. The van der Waals surface area contributed by atoms with Crippen LogP contribution in [-0.2, 0) is 17.5 Å². The SMILES string of the molecule is O=C1NNC=C(N2CCC3C(CNN3Cc3ccccc3C(F)(F)F)C2)C1Cl. The molecule has 3 aliphatic heterocycles. The molecular weight excluding hydrogens is 395 g/mol. The van der Waals surface area contributed by atoms with E-state index in [-0.39, 0.29) is 30.0 Å². The lowest BCUT2D eigenvalue weighted by Crippen LogP contribution is -2.52. The zero-order valence-corrected chi connectivity index (χ0v) is 15.7. The van der Waals surface area contributed by atoms with Gasteiger partial charge in [-0.3, -0.25) is 15.6 Å². The van der Waals surface area contributed by atoms with Crippen LogP contribution in [0.2, 0.25) is 0 Å². The molecule has 2 saturated heterocycles. The Kier molecular flexibility index (Phi) is 5.15. The monoisotopic (exact) mass is 415 g/mol. The summed E-state index contributed by atoms with van der Waals surface area (Å²) < 4.78 is 39.8. The Morgan fingerprint density at radius 3 is 2.82 bits per heavy atom. The van der Waals surface area contributed by atoms with Gasteiger partial charge in [-0.25, -0.2) is 5.01 Å². The number of carbonyl (C=O) groups excluding carboxylic acids is 1. The first kappa shape index (κ1) is 19.4. The number of halogens is 4. The van der Waals surface area contributed by atoms with Crippen molar-refractivity contribution in [2.24, 2.45) is 5.92 Å². The highest BCUT2D eigenvalue weighted by Crippen LogP contribution is 2.35. The van der Waals surface area contributed by atoms with Gasteiger partial charge in [-0.2, -0.15) is 13.2 Å². The zero-order valence-electron chi connectivity index (χ0n) is 15.0. The first-order valence-electron chi connectivity index (χ1n) is 9.14. The smallest absolute Gasteiger partial charge is 0.372 e. The van der Waals surface area contributed by atoms with E-state index in [1.807, 2.05) is 5.01 Å². The molecule has 3 N–H and O–H groups in total. The topological polar surface area (TPSA) is 59.6 Å². The molecule has 4 rings (SSSR count). The third-order valence-corrected chi connectivity index (χ3v) is 6.01. The van der Waals surface area contributed by atoms with Crippen LogP contribution in [0.1, 0.15) is 17.5 Å². The molecule has 3 unspecified atom stereocenters. The number of hydrogen-bond donors (Lipinski definition) is 3. The van der Waals surface area contributed by atoms with Crippen molar-refractivity contribution >= 4 is 17.5 Å². The Morgan fingerprint density at radius 1 is 1.25 bits per heavy atom. The zero-order chi connectivity index (χ0) is 19.9. The summed E-state index contributed by atoms with van der Waals surface area (Å²) in [5.41, 5.74) is 8.84. The molecule has 3 aliphatic rings. The fraction of sp³-hybridized carbons (Fsp3) is 0.500. The molecule has 3 heterocycles. The number of carbonyl (C=O) groups is 1. The Hall–Kier alpha value is -1.97. The number of hydrazine groups is 2. The quantitative estimate of drug-likeness (QED) is 0.657. The fourth-order valence-electron chi connectivity index (χ4n) is 4.21. The predicted molar refractivity (Wildman–Crippen MR) is 97.5 cm³/mol. The molecule has 1 aromatic carbocycles. The number of hydrogen-bond acceptors (Lipinski definition) is 5. The van der Waals surface area contributed by atoms with E-state index in [4.69, 9.17) is 11.6 Å². The van der Waals surface area contributed by atoms with Gasteiger partial charge in [0.15, 0.2) is 5.38 Å². The number of fused-ring (bicyclic) bond motifs is 1. The lowest BCUT2D eigenvalue weighted by atomic mass is 9.92. The molecule has 2 fully saturated rings. The number of rotatable bonds is 3. The van der Waals surface area contributed by atoms with Crippen LogP contribution in [0.4, 0.5) is 13.2 Å². The summed E-state index contributed by atoms with van der Waals surface area (Å²) >= 11 is 6.21. The lowest BCUT2D eigenvalue weighted by Gasteiger charge is -2.41. The third kappa shape index (κ3) is 3.66. The van der Waals surface area contributed by atoms with Gasteiger partial charge in [-0.1, -0.05) is 18.2 Å². The molecule has 3 atom stereocenters. The molecule has 0 radical (unpaired) electrons. The van der Waals surface area contributed by atoms with Crippen molar-refractivity contribution in [3.8, 4) is 0 Å². The summed E-state index contributed by atoms with van der Waals surface area (Å²) in [4.78, 5) is 13.8. The molecular formula is C18H21ClF3N5O. The largest absolute Gasteiger partial charge is 0.416 e. The molecule has 1 aromatic rings. The second-order valence-electron chi connectivity index (χ2n) is 7.27. The average Bonchev–Trinajstić information content (AvgIpc) is 3.06. The van der Waals surface area contributed by atoms with E-state index < -0.39 is 17.1 Å². The van der Waals surface area contributed by atoms with E-state index in [1.165, 1.54) is 12.1 Å². The average molecular weight is 416 g/mol. The summed E-state index contributed by atoms with van der Waals surface area (Å²) in [5.74, 6) is -0.0576. The van der Waals surface area contributed by atoms with Crippen molar-refractivity contribution < 1.29 is 18.0 Å². The molecule has 0 aliphatic carbocycles. The van der Waals surface area contributed by atoms with Crippen LogP contribution in [0.25, 0.3) is 0 Å². The van der Waals surface area contributed by atoms with Crippen LogP contribution < -0.4 is 16.3 Å². The summed E-state index contributed by atoms with van der Waals surface area (Å²) in [5, 5.41) is 1.17. The van der Waals surface area contributed by atoms with Crippen molar-refractivity contribution in [2.75, 3.05) is 19.6 Å². The maximum absolute atomic E-state index is 13.3. The number of amides is 1. The van der Waals surface area contributed by atoms with Crippen LogP contribution in [0.15, 0.2) is 36.2 Å². The number of alkyl halides is 4. The summed E-state index contributed by atoms with van der Waals surface area (Å²) in [6.45, 7) is 2.25. The molecule has 6 nitrogen and oxygen atoms in total. The molecule has 0 spiro atoms. The maximum atomic E-state index is 13.3. The molecule has 10 heteroatoms. The molecule has 0 saturated carbocycles. The second kappa shape index (κ2) is 7.46. The lowest BCUT2D eigenvalue weighted by molar-refractivity contribution is -0.138. The van der Waals surface area contributed by atoms with Crippen molar-refractivity contribution in [1.29, 1.82) is 0 Å². The number of nitrogens with zero attached hydrogens (tertiary/aromatic N) is 2. The Morgan fingerprint density at radius 2 is 2.04 bits per heavy atom. The van der Waals surface area contributed by atoms with E-state index in [1.54, 1.807) is 12.3 Å². The molecule has 1 amide bonds. The van der Waals surface area contributed by atoms with Gasteiger partial charge in [-0.15, -0.1) is 11.6 Å². The van der Waals surface area contributed by atoms with E-state index in [0.717, 1.165) is 18.2 Å². The Bertz CT molecular complexity index is 787. The second-order valence-corrected chi connectivity index (χ2v) is 7.71. The summed E-state index contributed by atoms with van der Waals surface area (Å²) in [7, 11) is 0. The van der Waals surface area contributed by atoms with Crippen molar-refractivity contribution in [3.63, 3.8) is 0 Å². The van der Waals surface area contributed by atoms with Crippen molar-refractivity contribution in [3.05, 3.63) is 47.3 Å². The Balaban J connectivity index is 1.44. The minimum atomic E-state index is -4.37. The van der Waals surface area contributed by atoms with Crippen LogP contribution in [0, 0.1) is 5.92 Å². The van der Waals surface area contributed by atoms with E-state index in [2.05, 4.69) is 21.2 Å². The van der Waals surface area contributed by atoms with Gasteiger partial charge < -0.3 is 10.3 Å². The molecule has 28 heavy (non-hydrogen) atoms. The highest BCUT2D eigenvalue weighted by atomic mass is 35.5. The number of nitrogens with one attached hydrogen (secondary N) is 3. The minimum absolute atomic E-state index is 0.136. The van der Waals surface area contributed by atoms with Gasteiger partial charge in [0.2, 0.25) is 0 Å². The normalized spacial score (nSPS) is 28.4. The number of piperidine rings is 1. The minimum Gasteiger partial charge on any atom is -0.372 e. The summed E-state index contributed by atoms with van der Waals surface area (Å²) in [6.07, 6.45) is -1.90. The number of benzene rings is 1. The highest BCUT2D eigenvalue weighted by molar-refractivity contribution is 6.32. The van der Waals surface area contributed by atoms with Gasteiger partial charge in [0.1, 0.15) is 0 Å². The van der Waals surface area contributed by atoms with Crippen LogP contribution >= 0.6 is 11.6 Å². The van der Waals surface area contributed by atoms with Crippen LogP contribution in [-0.4, -0.2) is 46.9 Å². The highest BCUT2D eigenvalue weighted by Gasteiger charge is 2.41. The Labute approximate surface area is 165 Å². The van der Waals surface area contributed by atoms with E-state index >= 15 is 0 Å². The maximum Gasteiger partial charge on any atom is 0.416 e. The fourth-order valence-corrected chi connectivity index (χ4v) is 4.47. The molecule has 152 valence electrons. The first-order valence-corrected chi connectivity index (χ1v) is 9.58. The predicted octanol–water partition coefficient (Wildman–Crippen LogP) is 1.80. The van der Waals surface area contributed by atoms with E-state index in [9.17, 15) is 18.0 Å². The van der Waals surface area contributed by atoms with Gasteiger partial charge in [0, 0.05) is 44.3 Å². The summed E-state index contributed by atoms with van der Waals surface area (Å²) in [6, 6.07) is 5.84. The third-order valence-electron chi connectivity index (χ3n) is 5.58. The van der Waals surface area contributed by atoms with Crippen molar-refractivity contribution in [2.45, 2.75) is 30.6 Å². The van der Waals surface area contributed by atoms with E-state index in [0.29, 0.717) is 19.6 Å². The standard InChI is InChI=1S/C18H21ClF3N5O/c19-16-15(8-23-25-17(16)28)26-6-5-14-12(9-26)7-24-27(14)10-11-3-1-2-4-13(11)18(20,21)22/h1-4,8,12,14,16,23-24H,5-7,9-10H2,(H,25,28).